The normalized spacial score (nSPS) is 10.4. The van der Waals surface area contributed by atoms with E-state index < -0.39 is 11.9 Å². The quantitative estimate of drug-likeness (QED) is 0.398. The Kier molecular flexibility index (Phi) is 6.71. The fourth-order valence-corrected chi connectivity index (χ4v) is 2.71. The van der Waals surface area contributed by atoms with E-state index in [1.54, 1.807) is 25.1 Å². The number of aryl methyl sites for hydroxylation is 1. The molecule has 0 aliphatic rings. The number of carbonyl (C=O) groups excluding carboxylic acids is 2. The molecule has 0 aliphatic heterocycles. The van der Waals surface area contributed by atoms with Gasteiger partial charge in [-0.05, 0) is 43.3 Å². The van der Waals surface area contributed by atoms with Gasteiger partial charge in [-0.25, -0.2) is 9.59 Å². The third kappa shape index (κ3) is 5.11. The molecule has 1 aromatic heterocycles. The number of rotatable bonds is 8. The highest BCUT2D eigenvalue weighted by atomic mass is 16.6. The predicted octanol–water partition coefficient (Wildman–Crippen LogP) is 3.79. The molecule has 3 aromatic rings. The molecule has 0 N–H and O–H groups in total. The molecule has 31 heavy (non-hydrogen) atoms. The SMILES string of the molecule is C=CCOC(=O)COc1ccc2c(=O)c(Oc3ccc(C(=O)OC)cc3)c(C)oc2c1. The van der Waals surface area contributed by atoms with Crippen molar-refractivity contribution in [1.82, 2.24) is 0 Å². The Labute approximate surface area is 177 Å². The minimum Gasteiger partial charge on any atom is -0.482 e. The van der Waals surface area contributed by atoms with Crippen molar-refractivity contribution >= 4 is 22.9 Å². The van der Waals surface area contributed by atoms with Gasteiger partial charge in [0.15, 0.2) is 6.61 Å². The number of hydrogen-bond donors (Lipinski definition) is 0. The van der Waals surface area contributed by atoms with E-state index >= 15 is 0 Å². The van der Waals surface area contributed by atoms with Crippen LogP contribution in [0.5, 0.6) is 17.2 Å². The highest BCUT2D eigenvalue weighted by Crippen LogP contribution is 2.27. The van der Waals surface area contributed by atoms with Crippen LogP contribution in [0.3, 0.4) is 0 Å². The van der Waals surface area contributed by atoms with E-state index in [2.05, 4.69) is 11.3 Å². The van der Waals surface area contributed by atoms with Gasteiger partial charge in [-0.1, -0.05) is 12.7 Å². The van der Waals surface area contributed by atoms with Gasteiger partial charge in [-0.3, -0.25) is 4.79 Å². The summed E-state index contributed by atoms with van der Waals surface area (Å²) in [7, 11) is 1.29. The van der Waals surface area contributed by atoms with Gasteiger partial charge in [-0.2, -0.15) is 0 Å². The van der Waals surface area contributed by atoms with Crippen LogP contribution >= 0.6 is 0 Å². The molecular weight excluding hydrogens is 404 g/mol. The molecule has 8 nitrogen and oxygen atoms in total. The minimum atomic E-state index is -0.542. The van der Waals surface area contributed by atoms with Crippen LogP contribution in [0.1, 0.15) is 16.1 Å². The van der Waals surface area contributed by atoms with Crippen molar-refractivity contribution in [3.63, 3.8) is 0 Å². The fraction of sp³-hybridized carbons (Fsp3) is 0.174. The number of carbonyl (C=O) groups is 2. The molecule has 0 aliphatic carbocycles. The highest BCUT2D eigenvalue weighted by Gasteiger charge is 2.15. The molecule has 0 saturated carbocycles. The molecule has 160 valence electrons. The topological polar surface area (TPSA) is 101 Å². The molecule has 2 aromatic carbocycles. The Bertz CT molecular complexity index is 1170. The van der Waals surface area contributed by atoms with Crippen LogP contribution in [0.15, 0.2) is 64.3 Å². The zero-order valence-corrected chi connectivity index (χ0v) is 17.0. The number of benzene rings is 2. The molecule has 0 saturated heterocycles. The first-order valence-electron chi connectivity index (χ1n) is 9.26. The summed E-state index contributed by atoms with van der Waals surface area (Å²) in [6.07, 6.45) is 1.46. The van der Waals surface area contributed by atoms with E-state index in [0.717, 1.165) is 0 Å². The summed E-state index contributed by atoms with van der Waals surface area (Å²) in [6.45, 7) is 4.87. The van der Waals surface area contributed by atoms with Crippen molar-refractivity contribution in [2.45, 2.75) is 6.92 Å². The minimum absolute atomic E-state index is 0.0278. The lowest BCUT2D eigenvalue weighted by molar-refractivity contribution is -0.144. The van der Waals surface area contributed by atoms with Crippen LogP contribution < -0.4 is 14.9 Å². The van der Waals surface area contributed by atoms with E-state index in [9.17, 15) is 14.4 Å². The van der Waals surface area contributed by atoms with Crippen molar-refractivity contribution in [1.29, 1.82) is 0 Å². The Morgan fingerprint density at radius 1 is 1.10 bits per heavy atom. The van der Waals surface area contributed by atoms with Gasteiger partial charge in [0.2, 0.25) is 11.2 Å². The summed E-state index contributed by atoms with van der Waals surface area (Å²) in [5.41, 5.74) is 0.276. The average molecular weight is 424 g/mol. The van der Waals surface area contributed by atoms with Crippen molar-refractivity contribution in [3.05, 3.63) is 76.7 Å². The van der Waals surface area contributed by atoms with Crippen molar-refractivity contribution in [2.75, 3.05) is 20.3 Å². The Morgan fingerprint density at radius 2 is 1.81 bits per heavy atom. The number of methoxy groups -OCH3 is 1. The Balaban J connectivity index is 1.81. The maximum absolute atomic E-state index is 12.9. The molecule has 8 heteroatoms. The second-order valence-corrected chi connectivity index (χ2v) is 6.35. The van der Waals surface area contributed by atoms with Crippen LogP contribution in [0, 0.1) is 6.92 Å². The third-order valence-electron chi connectivity index (χ3n) is 4.20. The summed E-state index contributed by atoms with van der Waals surface area (Å²) in [5, 5.41) is 0.286. The van der Waals surface area contributed by atoms with E-state index in [0.29, 0.717) is 17.1 Å². The Hall–Kier alpha value is -4.07. The van der Waals surface area contributed by atoms with Crippen LogP contribution in [0.2, 0.25) is 0 Å². The summed E-state index contributed by atoms with van der Waals surface area (Å²) < 4.78 is 26.3. The first-order chi connectivity index (χ1) is 14.9. The standard InChI is InChI=1S/C23H20O8/c1-4-11-28-20(24)13-29-17-9-10-18-19(12-17)30-14(2)22(21(18)25)31-16-7-5-15(6-8-16)23(26)27-3/h4-10,12H,1,11,13H2,2-3H3. The summed E-state index contributed by atoms with van der Waals surface area (Å²) >= 11 is 0. The van der Waals surface area contributed by atoms with Crippen LogP contribution in [-0.4, -0.2) is 32.3 Å². The van der Waals surface area contributed by atoms with Gasteiger partial charge in [0.05, 0.1) is 18.1 Å². The molecule has 0 spiro atoms. The molecule has 1 heterocycles. The zero-order chi connectivity index (χ0) is 22.4. The van der Waals surface area contributed by atoms with Gasteiger partial charge < -0.3 is 23.4 Å². The van der Waals surface area contributed by atoms with Gasteiger partial charge in [-0.15, -0.1) is 0 Å². The maximum Gasteiger partial charge on any atom is 0.344 e. The van der Waals surface area contributed by atoms with Crippen molar-refractivity contribution in [3.8, 4) is 17.2 Å². The first-order valence-corrected chi connectivity index (χ1v) is 9.26. The van der Waals surface area contributed by atoms with E-state index in [-0.39, 0.29) is 41.1 Å². The average Bonchev–Trinajstić information content (AvgIpc) is 2.78. The summed E-state index contributed by atoms with van der Waals surface area (Å²) in [5.74, 6) is -0.0188. The molecule has 0 atom stereocenters. The van der Waals surface area contributed by atoms with Crippen LogP contribution in [-0.2, 0) is 14.3 Å². The number of ether oxygens (including phenoxy) is 4. The first kappa shape index (κ1) is 21.6. The summed E-state index contributed by atoms with van der Waals surface area (Å²) in [4.78, 5) is 35.9. The molecule has 0 amide bonds. The highest BCUT2D eigenvalue weighted by molar-refractivity contribution is 5.89. The largest absolute Gasteiger partial charge is 0.482 e. The molecule has 0 bridgehead atoms. The van der Waals surface area contributed by atoms with Gasteiger partial charge in [0.1, 0.15) is 29.4 Å². The molecule has 3 rings (SSSR count). The van der Waals surface area contributed by atoms with E-state index in [1.165, 1.54) is 37.5 Å². The predicted molar refractivity (Wildman–Crippen MR) is 112 cm³/mol. The van der Waals surface area contributed by atoms with E-state index in [1.807, 2.05) is 0 Å². The third-order valence-corrected chi connectivity index (χ3v) is 4.20. The monoisotopic (exact) mass is 424 g/mol. The second-order valence-electron chi connectivity index (χ2n) is 6.35. The zero-order valence-electron chi connectivity index (χ0n) is 17.0. The van der Waals surface area contributed by atoms with Gasteiger partial charge in [0.25, 0.3) is 0 Å². The second kappa shape index (κ2) is 9.62. The lowest BCUT2D eigenvalue weighted by Crippen LogP contribution is -2.15. The summed E-state index contributed by atoms with van der Waals surface area (Å²) in [6, 6.07) is 10.8. The van der Waals surface area contributed by atoms with Crippen LogP contribution in [0.4, 0.5) is 0 Å². The molecule has 0 fully saturated rings. The lowest BCUT2D eigenvalue weighted by atomic mass is 10.2. The number of hydrogen-bond acceptors (Lipinski definition) is 8. The maximum atomic E-state index is 12.9. The van der Waals surface area contributed by atoms with Crippen LogP contribution in [0.25, 0.3) is 11.0 Å². The van der Waals surface area contributed by atoms with Gasteiger partial charge in [0, 0.05) is 6.07 Å². The molecule has 0 unspecified atom stereocenters. The van der Waals surface area contributed by atoms with Crippen molar-refractivity contribution < 1.29 is 33.0 Å². The number of esters is 2. The van der Waals surface area contributed by atoms with Gasteiger partial charge >= 0.3 is 11.9 Å². The molecule has 0 radical (unpaired) electrons. The smallest absolute Gasteiger partial charge is 0.344 e. The molecular formula is C23H20O8. The van der Waals surface area contributed by atoms with E-state index in [4.69, 9.17) is 18.6 Å². The number of fused-ring (bicyclic) bond motifs is 1. The Morgan fingerprint density at radius 3 is 2.48 bits per heavy atom. The fourth-order valence-electron chi connectivity index (χ4n) is 2.71. The van der Waals surface area contributed by atoms with Crippen molar-refractivity contribution in [2.24, 2.45) is 0 Å². The lowest BCUT2D eigenvalue weighted by Gasteiger charge is -2.10.